The van der Waals surface area contributed by atoms with Gasteiger partial charge in [0, 0.05) is 19.1 Å². The molecule has 1 aromatic heterocycles. The van der Waals surface area contributed by atoms with E-state index in [1.54, 1.807) is 12.1 Å². The van der Waals surface area contributed by atoms with E-state index in [1.165, 1.54) is 19.3 Å². The van der Waals surface area contributed by atoms with Crippen LogP contribution in [0.5, 0.6) is 0 Å². The van der Waals surface area contributed by atoms with Crippen LogP contribution in [-0.2, 0) is 6.54 Å². The molecular weight excluding hydrogens is 238 g/mol. The summed E-state index contributed by atoms with van der Waals surface area (Å²) in [5.41, 5.74) is 6.46. The number of nitrogen functional groups attached to an aromatic ring is 1. The molecule has 1 aliphatic rings. The molecule has 3 N–H and O–H groups in total. The Hall–Kier alpha value is -0.840. The summed E-state index contributed by atoms with van der Waals surface area (Å²) in [5.74, 6) is 0.488. The van der Waals surface area contributed by atoms with E-state index in [0.29, 0.717) is 30.0 Å². The van der Waals surface area contributed by atoms with Gasteiger partial charge in [0.05, 0.1) is 17.3 Å². The number of aliphatic hydroxyl groups excluding tert-OH is 1. The third-order valence-corrected chi connectivity index (χ3v) is 3.62. The van der Waals surface area contributed by atoms with Crippen molar-refractivity contribution in [1.82, 2.24) is 9.88 Å². The van der Waals surface area contributed by atoms with Gasteiger partial charge in [-0.05, 0) is 25.0 Å². The number of hydrogen-bond donors (Lipinski definition) is 2. The van der Waals surface area contributed by atoms with Gasteiger partial charge in [0.1, 0.15) is 5.82 Å². The zero-order valence-electron chi connectivity index (χ0n) is 9.77. The quantitative estimate of drug-likeness (QED) is 0.840. The number of hydrogen-bond acceptors (Lipinski definition) is 4. The Morgan fingerprint density at radius 1 is 1.47 bits per heavy atom. The maximum atomic E-state index is 9.09. The van der Waals surface area contributed by atoms with Gasteiger partial charge in [-0.1, -0.05) is 18.0 Å². The predicted molar refractivity (Wildman–Crippen MR) is 68.8 cm³/mol. The zero-order chi connectivity index (χ0) is 12.3. The molecule has 0 spiro atoms. The summed E-state index contributed by atoms with van der Waals surface area (Å²) in [4.78, 5) is 6.49. The second-order valence-electron chi connectivity index (χ2n) is 4.44. The first-order valence-electron chi connectivity index (χ1n) is 5.96. The van der Waals surface area contributed by atoms with Gasteiger partial charge < -0.3 is 10.8 Å². The summed E-state index contributed by atoms with van der Waals surface area (Å²) < 4.78 is 0. The van der Waals surface area contributed by atoms with Crippen LogP contribution in [0.3, 0.4) is 0 Å². The van der Waals surface area contributed by atoms with E-state index in [-0.39, 0.29) is 6.61 Å². The van der Waals surface area contributed by atoms with E-state index in [9.17, 15) is 0 Å². The lowest BCUT2D eigenvalue weighted by Crippen LogP contribution is -2.41. The molecular formula is C12H18ClN3O. The number of aliphatic hydroxyl groups is 1. The number of halogens is 1. The van der Waals surface area contributed by atoms with Gasteiger partial charge in [-0.3, -0.25) is 4.90 Å². The molecule has 1 heterocycles. The molecule has 4 nitrogen and oxygen atoms in total. The molecule has 1 fully saturated rings. The number of aromatic nitrogens is 1. The summed E-state index contributed by atoms with van der Waals surface area (Å²) in [5, 5.41) is 9.73. The first-order chi connectivity index (χ1) is 8.20. The Bertz CT molecular complexity index is 382. The van der Waals surface area contributed by atoms with Crippen molar-refractivity contribution in [1.29, 1.82) is 0 Å². The van der Waals surface area contributed by atoms with Crippen LogP contribution >= 0.6 is 11.6 Å². The standard InChI is InChI=1S/C12H18ClN3O/c13-10-4-5-12(14)15-11(10)8-16(6-7-17)9-2-1-3-9/h4-5,9,17H,1-3,6-8H2,(H2,14,15). The minimum atomic E-state index is 0.163. The average Bonchev–Trinajstić information content (AvgIpc) is 2.21. The normalized spacial score (nSPS) is 16.2. The molecule has 1 saturated carbocycles. The van der Waals surface area contributed by atoms with Crippen LogP contribution < -0.4 is 5.73 Å². The summed E-state index contributed by atoms with van der Waals surface area (Å²) in [7, 11) is 0. The van der Waals surface area contributed by atoms with Crippen LogP contribution in [0.1, 0.15) is 25.0 Å². The summed E-state index contributed by atoms with van der Waals surface area (Å²) >= 11 is 6.10. The van der Waals surface area contributed by atoms with E-state index >= 15 is 0 Å². The van der Waals surface area contributed by atoms with Crippen LogP contribution in [0.4, 0.5) is 5.82 Å². The Morgan fingerprint density at radius 3 is 2.82 bits per heavy atom. The molecule has 17 heavy (non-hydrogen) atoms. The molecule has 5 heteroatoms. The summed E-state index contributed by atoms with van der Waals surface area (Å²) in [6.45, 7) is 1.49. The van der Waals surface area contributed by atoms with Crippen LogP contribution in [0.2, 0.25) is 5.02 Å². The smallest absolute Gasteiger partial charge is 0.123 e. The van der Waals surface area contributed by atoms with Crippen molar-refractivity contribution in [2.75, 3.05) is 18.9 Å². The van der Waals surface area contributed by atoms with E-state index in [4.69, 9.17) is 22.4 Å². The molecule has 0 bridgehead atoms. The van der Waals surface area contributed by atoms with E-state index in [2.05, 4.69) is 9.88 Å². The van der Waals surface area contributed by atoms with Gasteiger partial charge >= 0.3 is 0 Å². The van der Waals surface area contributed by atoms with Gasteiger partial charge in [0.2, 0.25) is 0 Å². The van der Waals surface area contributed by atoms with E-state index in [1.807, 2.05) is 0 Å². The number of pyridine rings is 1. The topological polar surface area (TPSA) is 62.4 Å². The molecule has 94 valence electrons. The highest BCUT2D eigenvalue weighted by Crippen LogP contribution is 2.27. The minimum absolute atomic E-state index is 0.163. The van der Waals surface area contributed by atoms with Crippen molar-refractivity contribution in [2.24, 2.45) is 0 Å². The highest BCUT2D eigenvalue weighted by atomic mass is 35.5. The lowest BCUT2D eigenvalue weighted by atomic mass is 9.91. The highest BCUT2D eigenvalue weighted by Gasteiger charge is 2.25. The maximum Gasteiger partial charge on any atom is 0.123 e. The molecule has 0 radical (unpaired) electrons. The predicted octanol–water partition coefficient (Wildman–Crippen LogP) is 1.66. The van der Waals surface area contributed by atoms with Crippen molar-refractivity contribution in [2.45, 2.75) is 31.8 Å². The lowest BCUT2D eigenvalue weighted by molar-refractivity contribution is 0.0934. The van der Waals surface area contributed by atoms with Crippen LogP contribution in [0, 0.1) is 0 Å². The Kier molecular flexibility index (Phi) is 4.20. The maximum absolute atomic E-state index is 9.09. The van der Waals surface area contributed by atoms with Gasteiger partial charge in [-0.2, -0.15) is 0 Å². The second-order valence-corrected chi connectivity index (χ2v) is 4.85. The molecule has 2 rings (SSSR count). The second kappa shape index (κ2) is 5.67. The fourth-order valence-corrected chi connectivity index (χ4v) is 2.24. The SMILES string of the molecule is Nc1ccc(Cl)c(CN(CCO)C2CCC2)n1. The molecule has 0 amide bonds. The van der Waals surface area contributed by atoms with Crippen molar-refractivity contribution in [3.8, 4) is 0 Å². The minimum Gasteiger partial charge on any atom is -0.395 e. The molecule has 1 aliphatic carbocycles. The van der Waals surface area contributed by atoms with Crippen LogP contribution in [-0.4, -0.2) is 34.2 Å². The summed E-state index contributed by atoms with van der Waals surface area (Å²) in [6.07, 6.45) is 3.66. The Balaban J connectivity index is 2.07. The first-order valence-corrected chi connectivity index (χ1v) is 6.34. The van der Waals surface area contributed by atoms with E-state index < -0.39 is 0 Å². The number of anilines is 1. The fourth-order valence-electron chi connectivity index (χ4n) is 2.08. The Morgan fingerprint density at radius 2 is 2.24 bits per heavy atom. The largest absolute Gasteiger partial charge is 0.395 e. The highest BCUT2D eigenvalue weighted by molar-refractivity contribution is 6.31. The number of rotatable bonds is 5. The third kappa shape index (κ3) is 3.09. The lowest BCUT2D eigenvalue weighted by Gasteiger charge is -2.37. The molecule has 0 aliphatic heterocycles. The van der Waals surface area contributed by atoms with Crippen LogP contribution in [0.15, 0.2) is 12.1 Å². The average molecular weight is 256 g/mol. The Labute approximate surface area is 106 Å². The summed E-state index contributed by atoms with van der Waals surface area (Å²) in [6, 6.07) is 4.03. The van der Waals surface area contributed by atoms with Gasteiger partial charge in [0.25, 0.3) is 0 Å². The molecule has 0 unspecified atom stereocenters. The third-order valence-electron chi connectivity index (χ3n) is 3.27. The fraction of sp³-hybridized carbons (Fsp3) is 0.583. The van der Waals surface area contributed by atoms with Crippen molar-refractivity contribution in [3.05, 3.63) is 22.8 Å². The van der Waals surface area contributed by atoms with Gasteiger partial charge in [-0.25, -0.2) is 4.98 Å². The monoisotopic (exact) mass is 255 g/mol. The number of nitrogens with zero attached hydrogens (tertiary/aromatic N) is 2. The molecule has 0 saturated heterocycles. The van der Waals surface area contributed by atoms with Crippen molar-refractivity contribution < 1.29 is 5.11 Å². The zero-order valence-corrected chi connectivity index (χ0v) is 10.5. The van der Waals surface area contributed by atoms with Gasteiger partial charge in [-0.15, -0.1) is 0 Å². The molecule has 0 aromatic carbocycles. The van der Waals surface area contributed by atoms with Crippen LogP contribution in [0.25, 0.3) is 0 Å². The van der Waals surface area contributed by atoms with E-state index in [0.717, 1.165) is 5.69 Å². The van der Waals surface area contributed by atoms with Crippen molar-refractivity contribution in [3.63, 3.8) is 0 Å². The van der Waals surface area contributed by atoms with Gasteiger partial charge in [0.15, 0.2) is 0 Å². The first kappa shape index (κ1) is 12.6. The molecule has 0 atom stereocenters. The number of nitrogens with two attached hydrogens (primary N) is 1. The van der Waals surface area contributed by atoms with Crippen molar-refractivity contribution >= 4 is 17.4 Å². The molecule has 1 aromatic rings.